The van der Waals surface area contributed by atoms with Crippen LogP contribution in [-0.2, 0) is 0 Å². The molecule has 0 bridgehead atoms. The molecule has 1 amide bonds. The number of aliphatic hydroxyl groups is 1. The quantitative estimate of drug-likeness (QED) is 0.707. The maximum atomic E-state index is 12.2. The molecule has 7 nitrogen and oxygen atoms in total. The van der Waals surface area contributed by atoms with E-state index >= 15 is 0 Å². The largest absolute Gasteiger partial charge is 0.395 e. The Morgan fingerprint density at radius 1 is 1.38 bits per heavy atom. The summed E-state index contributed by atoms with van der Waals surface area (Å²) in [5.74, 6) is 0.670. The fraction of sp³-hybridized carbons (Fsp3) is 0.316. The maximum absolute atomic E-state index is 12.2. The van der Waals surface area contributed by atoms with E-state index in [0.29, 0.717) is 11.6 Å². The van der Waals surface area contributed by atoms with Crippen molar-refractivity contribution < 1.29 is 9.90 Å². The van der Waals surface area contributed by atoms with Crippen LogP contribution in [0.3, 0.4) is 0 Å². The van der Waals surface area contributed by atoms with E-state index in [1.807, 2.05) is 35.0 Å². The van der Waals surface area contributed by atoms with Crippen LogP contribution in [0.2, 0.25) is 0 Å². The Kier molecular flexibility index (Phi) is 4.30. The number of nitrogens with one attached hydrogen (secondary N) is 1. The third kappa shape index (κ3) is 3.01. The Morgan fingerprint density at radius 3 is 3.00 bits per heavy atom. The lowest BCUT2D eigenvalue weighted by Gasteiger charge is -2.17. The molecule has 0 spiro atoms. The SMILES string of the molecule is CN(c1nccn2c(-c3cccc(C(=O)NCCO)c3)cnc12)C1CC1. The van der Waals surface area contributed by atoms with Gasteiger partial charge in [0.15, 0.2) is 11.5 Å². The Morgan fingerprint density at radius 2 is 2.23 bits per heavy atom. The highest BCUT2D eigenvalue weighted by atomic mass is 16.3. The molecule has 134 valence electrons. The van der Waals surface area contributed by atoms with Gasteiger partial charge in [0.2, 0.25) is 0 Å². The third-order valence-corrected chi connectivity index (χ3v) is 4.66. The highest BCUT2D eigenvalue weighted by Gasteiger charge is 2.28. The summed E-state index contributed by atoms with van der Waals surface area (Å²) in [6.45, 7) is 0.157. The van der Waals surface area contributed by atoms with Gasteiger partial charge < -0.3 is 15.3 Å². The first-order valence-electron chi connectivity index (χ1n) is 8.73. The van der Waals surface area contributed by atoms with Crippen molar-refractivity contribution in [2.75, 3.05) is 25.1 Å². The van der Waals surface area contributed by atoms with Crippen LogP contribution in [-0.4, -0.2) is 51.6 Å². The number of carbonyl (C=O) groups is 1. The summed E-state index contributed by atoms with van der Waals surface area (Å²) in [7, 11) is 2.06. The van der Waals surface area contributed by atoms with Gasteiger partial charge in [0.25, 0.3) is 5.91 Å². The Labute approximate surface area is 151 Å². The van der Waals surface area contributed by atoms with Crippen molar-refractivity contribution >= 4 is 17.4 Å². The highest BCUT2D eigenvalue weighted by Crippen LogP contribution is 2.32. The highest BCUT2D eigenvalue weighted by molar-refractivity contribution is 5.95. The molecule has 3 aromatic rings. The number of hydrogen-bond donors (Lipinski definition) is 2. The van der Waals surface area contributed by atoms with Gasteiger partial charge in [-0.1, -0.05) is 12.1 Å². The molecule has 1 aromatic carbocycles. The Bertz CT molecular complexity index is 948. The van der Waals surface area contributed by atoms with Crippen LogP contribution in [0.15, 0.2) is 42.9 Å². The van der Waals surface area contributed by atoms with Crippen LogP contribution in [0, 0.1) is 0 Å². The van der Waals surface area contributed by atoms with Gasteiger partial charge in [-0.3, -0.25) is 9.20 Å². The molecule has 1 aliphatic rings. The average Bonchev–Trinajstić information content (AvgIpc) is 3.44. The fourth-order valence-corrected chi connectivity index (χ4v) is 3.09. The molecule has 1 fully saturated rings. The van der Waals surface area contributed by atoms with E-state index in [1.54, 1.807) is 12.3 Å². The number of benzene rings is 1. The van der Waals surface area contributed by atoms with Crippen molar-refractivity contribution in [3.8, 4) is 11.3 Å². The van der Waals surface area contributed by atoms with Crippen molar-refractivity contribution in [1.29, 1.82) is 0 Å². The molecule has 26 heavy (non-hydrogen) atoms. The van der Waals surface area contributed by atoms with Crippen LogP contribution in [0.5, 0.6) is 0 Å². The molecule has 0 saturated heterocycles. The molecular formula is C19H21N5O2. The van der Waals surface area contributed by atoms with Crippen molar-refractivity contribution in [2.45, 2.75) is 18.9 Å². The molecule has 4 rings (SSSR count). The summed E-state index contributed by atoms with van der Waals surface area (Å²) >= 11 is 0. The van der Waals surface area contributed by atoms with Crippen molar-refractivity contribution in [3.63, 3.8) is 0 Å². The number of aliphatic hydroxyl groups excluding tert-OH is 1. The summed E-state index contributed by atoms with van der Waals surface area (Å²) < 4.78 is 2.01. The molecular weight excluding hydrogens is 330 g/mol. The number of fused-ring (bicyclic) bond motifs is 1. The van der Waals surface area contributed by atoms with Gasteiger partial charge in [0, 0.05) is 43.2 Å². The van der Waals surface area contributed by atoms with Gasteiger partial charge in [0.05, 0.1) is 18.5 Å². The number of anilines is 1. The number of nitrogens with zero attached hydrogens (tertiary/aromatic N) is 4. The number of amides is 1. The number of carbonyl (C=O) groups excluding carboxylic acids is 1. The molecule has 0 radical (unpaired) electrons. The van der Waals surface area contributed by atoms with E-state index in [4.69, 9.17) is 5.11 Å². The molecule has 1 aliphatic carbocycles. The molecule has 0 atom stereocenters. The van der Waals surface area contributed by atoms with Crippen molar-refractivity contribution in [2.24, 2.45) is 0 Å². The summed E-state index contributed by atoms with van der Waals surface area (Å²) in [4.78, 5) is 23.4. The zero-order valence-electron chi connectivity index (χ0n) is 14.6. The van der Waals surface area contributed by atoms with E-state index in [0.717, 1.165) is 22.7 Å². The third-order valence-electron chi connectivity index (χ3n) is 4.66. The van der Waals surface area contributed by atoms with Gasteiger partial charge in [-0.25, -0.2) is 9.97 Å². The second-order valence-electron chi connectivity index (χ2n) is 6.49. The first-order valence-corrected chi connectivity index (χ1v) is 8.73. The first kappa shape index (κ1) is 16.5. The van der Waals surface area contributed by atoms with Gasteiger partial charge in [0.1, 0.15) is 0 Å². The lowest BCUT2D eigenvalue weighted by atomic mass is 10.1. The van der Waals surface area contributed by atoms with Gasteiger partial charge in [-0.15, -0.1) is 0 Å². The van der Waals surface area contributed by atoms with Crippen molar-refractivity contribution in [1.82, 2.24) is 19.7 Å². The van der Waals surface area contributed by atoms with E-state index in [-0.39, 0.29) is 19.1 Å². The smallest absolute Gasteiger partial charge is 0.251 e. The van der Waals surface area contributed by atoms with Crippen LogP contribution in [0.4, 0.5) is 5.82 Å². The second kappa shape index (κ2) is 6.76. The first-order chi connectivity index (χ1) is 12.7. The van der Waals surface area contributed by atoms with Crippen LogP contribution in [0.25, 0.3) is 16.9 Å². The molecule has 1 saturated carbocycles. The number of hydrogen-bond acceptors (Lipinski definition) is 5. The van der Waals surface area contributed by atoms with E-state index < -0.39 is 0 Å². The minimum absolute atomic E-state index is 0.0804. The summed E-state index contributed by atoms with van der Waals surface area (Å²) in [6, 6.07) is 7.94. The molecule has 2 heterocycles. The summed E-state index contributed by atoms with van der Waals surface area (Å²) in [5, 5.41) is 11.5. The minimum atomic E-state index is -0.203. The predicted molar refractivity (Wildman–Crippen MR) is 99.3 cm³/mol. The summed E-state index contributed by atoms with van der Waals surface area (Å²) in [6.07, 6.45) is 7.87. The van der Waals surface area contributed by atoms with E-state index in [1.165, 1.54) is 12.8 Å². The van der Waals surface area contributed by atoms with Crippen LogP contribution >= 0.6 is 0 Å². The Hall–Kier alpha value is -2.93. The molecule has 2 N–H and O–H groups in total. The standard InChI is InChI=1S/C19H21N5O2/c1-23(15-5-6-15)17-18-22-12-16(24(18)9-7-20-17)13-3-2-4-14(11-13)19(26)21-8-10-25/h2-4,7,9,11-12,15,25H,5-6,8,10H2,1H3,(H,21,26). The van der Waals surface area contributed by atoms with Crippen LogP contribution < -0.4 is 10.2 Å². The fourth-order valence-electron chi connectivity index (χ4n) is 3.09. The Balaban J connectivity index is 1.71. The zero-order valence-corrected chi connectivity index (χ0v) is 14.6. The van der Waals surface area contributed by atoms with Crippen LogP contribution in [0.1, 0.15) is 23.2 Å². The second-order valence-corrected chi connectivity index (χ2v) is 6.49. The molecule has 0 aliphatic heterocycles. The number of rotatable bonds is 6. The summed E-state index contributed by atoms with van der Waals surface area (Å²) in [5.41, 5.74) is 3.17. The predicted octanol–water partition coefficient (Wildman–Crippen LogP) is 1.72. The number of imidazole rings is 1. The lowest BCUT2D eigenvalue weighted by molar-refractivity contribution is 0.0945. The van der Waals surface area contributed by atoms with Crippen molar-refractivity contribution in [3.05, 3.63) is 48.4 Å². The van der Waals surface area contributed by atoms with E-state index in [2.05, 4.69) is 27.2 Å². The topological polar surface area (TPSA) is 82.8 Å². The van der Waals surface area contributed by atoms with E-state index in [9.17, 15) is 4.79 Å². The average molecular weight is 351 g/mol. The minimum Gasteiger partial charge on any atom is -0.395 e. The monoisotopic (exact) mass is 351 g/mol. The molecule has 0 unspecified atom stereocenters. The van der Waals surface area contributed by atoms with Gasteiger partial charge in [-0.05, 0) is 25.0 Å². The van der Waals surface area contributed by atoms with Gasteiger partial charge in [-0.2, -0.15) is 0 Å². The molecule has 2 aromatic heterocycles. The zero-order chi connectivity index (χ0) is 18.1. The maximum Gasteiger partial charge on any atom is 0.251 e. The normalized spacial score (nSPS) is 13.8. The molecule has 7 heteroatoms. The number of aromatic nitrogens is 3. The lowest BCUT2D eigenvalue weighted by Crippen LogP contribution is -2.26. The van der Waals surface area contributed by atoms with Gasteiger partial charge >= 0.3 is 0 Å².